The van der Waals surface area contributed by atoms with E-state index in [1.54, 1.807) is 29.5 Å². The normalized spacial score (nSPS) is 17.1. The number of hydrogen-bond donors (Lipinski definition) is 1. The molecule has 0 radical (unpaired) electrons. The van der Waals surface area contributed by atoms with E-state index in [0.717, 1.165) is 51.9 Å². The predicted molar refractivity (Wildman–Crippen MR) is 129 cm³/mol. The number of thiophene rings is 1. The van der Waals surface area contributed by atoms with E-state index in [2.05, 4.69) is 10.4 Å². The molecule has 8 heteroatoms. The highest BCUT2D eigenvalue weighted by molar-refractivity contribution is 7.18. The van der Waals surface area contributed by atoms with Crippen molar-refractivity contribution in [3.8, 4) is 0 Å². The first-order chi connectivity index (χ1) is 16.6. The quantitative estimate of drug-likeness (QED) is 0.453. The number of carbonyl (C=O) groups excluding carboxylic acids is 2. The van der Waals surface area contributed by atoms with Gasteiger partial charge in [-0.1, -0.05) is 30.3 Å². The lowest BCUT2D eigenvalue weighted by molar-refractivity contribution is 0.0252. The van der Waals surface area contributed by atoms with Gasteiger partial charge in [-0.25, -0.2) is 14.5 Å². The van der Waals surface area contributed by atoms with Crippen LogP contribution in [0.25, 0.3) is 10.2 Å². The Labute approximate surface area is 199 Å². The average molecular weight is 472 g/mol. The van der Waals surface area contributed by atoms with Gasteiger partial charge in [0.2, 0.25) is 0 Å². The number of hydrogen-bond acceptors (Lipinski definition) is 6. The minimum Gasteiger partial charge on any atom is -0.454 e. The maximum atomic E-state index is 13.2. The van der Waals surface area contributed by atoms with Gasteiger partial charge >= 0.3 is 5.97 Å². The first-order valence-corrected chi connectivity index (χ1v) is 12.1. The molecule has 0 saturated heterocycles. The summed E-state index contributed by atoms with van der Waals surface area (Å²) >= 11 is 1.57. The van der Waals surface area contributed by atoms with Gasteiger partial charge in [0, 0.05) is 16.9 Å². The van der Waals surface area contributed by atoms with Crippen molar-refractivity contribution in [1.29, 1.82) is 0 Å². The molecule has 0 saturated carbocycles. The Bertz CT molecular complexity index is 1510. The second kappa shape index (κ2) is 8.22. The summed E-state index contributed by atoms with van der Waals surface area (Å²) in [5, 5.41) is 0.612. The highest BCUT2D eigenvalue weighted by Gasteiger charge is 2.28. The third-order valence-electron chi connectivity index (χ3n) is 6.51. The first-order valence-electron chi connectivity index (χ1n) is 11.3. The lowest BCUT2D eigenvalue weighted by Crippen LogP contribution is -2.33. The van der Waals surface area contributed by atoms with Crippen molar-refractivity contribution in [2.75, 3.05) is 5.43 Å². The number of ether oxygens (including phenoxy) is 1. The Kier molecular flexibility index (Phi) is 5.03. The molecular formula is C26H21N3O4S. The zero-order valence-corrected chi connectivity index (χ0v) is 19.1. The molecule has 4 aromatic rings. The number of aryl methyl sites for hydroxylation is 2. The Morgan fingerprint density at radius 2 is 1.91 bits per heavy atom. The zero-order chi connectivity index (χ0) is 23.2. The summed E-state index contributed by atoms with van der Waals surface area (Å²) in [6.45, 7) is 0. The number of cyclic esters (lactones) is 1. The molecule has 1 N–H and O–H groups in total. The number of fused-ring (bicyclic) bond motifs is 4. The molecule has 1 aliphatic carbocycles. The molecule has 1 atom stereocenters. The molecule has 1 aliphatic heterocycles. The van der Waals surface area contributed by atoms with Crippen molar-refractivity contribution in [3.05, 3.63) is 97.9 Å². The first kappa shape index (κ1) is 20.8. The van der Waals surface area contributed by atoms with Gasteiger partial charge in [0.1, 0.15) is 17.3 Å². The van der Waals surface area contributed by atoms with Crippen LogP contribution in [-0.2, 0) is 24.0 Å². The lowest BCUT2D eigenvalue weighted by atomic mass is 9.93. The summed E-state index contributed by atoms with van der Waals surface area (Å²) in [7, 11) is 0. The SMILES string of the molecule is O=C(Nn1cnc2sc3c(c2c1=O)CCCC3)c1ccc2c(c1)CC(c1ccccc1)OC2=O. The molecule has 0 fully saturated rings. The average Bonchev–Trinajstić information content (AvgIpc) is 3.25. The topological polar surface area (TPSA) is 90.3 Å². The van der Waals surface area contributed by atoms with E-state index in [1.807, 2.05) is 30.3 Å². The molecule has 0 spiro atoms. The van der Waals surface area contributed by atoms with E-state index < -0.39 is 18.0 Å². The van der Waals surface area contributed by atoms with Gasteiger partial charge in [0.25, 0.3) is 11.5 Å². The Hall–Kier alpha value is -3.78. The van der Waals surface area contributed by atoms with Crippen LogP contribution in [0.5, 0.6) is 0 Å². The van der Waals surface area contributed by atoms with Crippen molar-refractivity contribution in [2.45, 2.75) is 38.2 Å². The van der Waals surface area contributed by atoms with E-state index in [4.69, 9.17) is 4.74 Å². The molecule has 0 bridgehead atoms. The predicted octanol–water partition coefficient (Wildman–Crippen LogP) is 4.17. The number of rotatable bonds is 3. The standard InChI is InChI=1S/C26H21N3O4S/c30-23(28-29-14-27-24-22(25(29)31)19-8-4-5-9-21(19)34-24)16-10-11-18-17(12-16)13-20(33-26(18)32)15-6-2-1-3-7-15/h1-3,6-7,10-12,14,20H,4-5,8-9,13H2,(H,28,30). The maximum Gasteiger partial charge on any atom is 0.339 e. The second-order valence-electron chi connectivity index (χ2n) is 8.63. The smallest absolute Gasteiger partial charge is 0.339 e. The molecule has 170 valence electrons. The van der Waals surface area contributed by atoms with Gasteiger partial charge in [0.05, 0.1) is 10.9 Å². The van der Waals surface area contributed by atoms with Crippen LogP contribution in [0.3, 0.4) is 0 Å². The molecule has 2 aromatic heterocycles. The van der Waals surface area contributed by atoms with Gasteiger partial charge < -0.3 is 4.74 Å². The van der Waals surface area contributed by atoms with Crippen LogP contribution in [0, 0.1) is 0 Å². The second-order valence-corrected chi connectivity index (χ2v) is 9.72. The zero-order valence-electron chi connectivity index (χ0n) is 18.2. The molecule has 1 amide bonds. The molecule has 6 rings (SSSR count). The van der Waals surface area contributed by atoms with E-state index in [1.165, 1.54) is 11.2 Å². The lowest BCUT2D eigenvalue weighted by Gasteiger charge is -2.25. The number of amides is 1. The molecule has 2 aromatic carbocycles. The molecule has 2 aliphatic rings. The summed E-state index contributed by atoms with van der Waals surface area (Å²) in [5.41, 5.74) is 5.94. The largest absolute Gasteiger partial charge is 0.454 e. The van der Waals surface area contributed by atoms with Crippen LogP contribution in [0.4, 0.5) is 0 Å². The summed E-state index contributed by atoms with van der Waals surface area (Å²) in [5.74, 6) is -0.847. The summed E-state index contributed by atoms with van der Waals surface area (Å²) in [4.78, 5) is 45.1. The number of esters is 1. The van der Waals surface area contributed by atoms with Crippen LogP contribution in [0.1, 0.15) is 61.2 Å². The van der Waals surface area contributed by atoms with Crippen molar-refractivity contribution in [2.24, 2.45) is 0 Å². The van der Waals surface area contributed by atoms with Crippen LogP contribution in [-0.4, -0.2) is 21.5 Å². The number of nitrogens with one attached hydrogen (secondary N) is 1. The number of benzene rings is 2. The molecule has 3 heterocycles. The molecule has 1 unspecified atom stereocenters. The molecular weight excluding hydrogens is 450 g/mol. The van der Waals surface area contributed by atoms with Gasteiger partial charge in [-0.3, -0.25) is 15.0 Å². The van der Waals surface area contributed by atoms with E-state index in [-0.39, 0.29) is 5.56 Å². The van der Waals surface area contributed by atoms with Gasteiger partial charge in [0.15, 0.2) is 0 Å². The Morgan fingerprint density at radius 3 is 2.76 bits per heavy atom. The number of aromatic nitrogens is 2. The van der Waals surface area contributed by atoms with Crippen molar-refractivity contribution in [3.63, 3.8) is 0 Å². The third kappa shape index (κ3) is 3.51. The van der Waals surface area contributed by atoms with Crippen LogP contribution >= 0.6 is 11.3 Å². The minimum atomic E-state index is -0.439. The fraction of sp³-hybridized carbons (Fsp3) is 0.231. The van der Waals surface area contributed by atoms with Crippen LogP contribution in [0.2, 0.25) is 0 Å². The van der Waals surface area contributed by atoms with E-state index >= 15 is 0 Å². The van der Waals surface area contributed by atoms with Crippen LogP contribution in [0.15, 0.2) is 59.7 Å². The fourth-order valence-electron chi connectivity index (χ4n) is 4.79. The van der Waals surface area contributed by atoms with Gasteiger partial charge in [-0.15, -0.1) is 11.3 Å². The van der Waals surface area contributed by atoms with Crippen molar-refractivity contribution < 1.29 is 14.3 Å². The van der Waals surface area contributed by atoms with Crippen LogP contribution < -0.4 is 11.0 Å². The molecule has 34 heavy (non-hydrogen) atoms. The third-order valence-corrected chi connectivity index (χ3v) is 7.71. The van der Waals surface area contributed by atoms with E-state index in [0.29, 0.717) is 22.9 Å². The highest BCUT2D eigenvalue weighted by Crippen LogP contribution is 2.33. The molecule has 7 nitrogen and oxygen atoms in total. The van der Waals surface area contributed by atoms with Gasteiger partial charge in [-0.05, 0) is 60.6 Å². The van der Waals surface area contributed by atoms with E-state index in [9.17, 15) is 14.4 Å². The number of carbonyl (C=O) groups is 2. The maximum absolute atomic E-state index is 13.2. The number of nitrogens with zero attached hydrogens (tertiary/aromatic N) is 2. The van der Waals surface area contributed by atoms with Crippen molar-refractivity contribution in [1.82, 2.24) is 9.66 Å². The highest BCUT2D eigenvalue weighted by atomic mass is 32.1. The summed E-state index contributed by atoms with van der Waals surface area (Å²) in [6, 6.07) is 14.4. The Morgan fingerprint density at radius 1 is 1.09 bits per heavy atom. The summed E-state index contributed by atoms with van der Waals surface area (Å²) < 4.78 is 6.76. The Balaban J connectivity index is 1.29. The minimum absolute atomic E-state index is 0.261. The monoisotopic (exact) mass is 471 g/mol. The summed E-state index contributed by atoms with van der Waals surface area (Å²) in [6.07, 6.45) is 5.46. The fourth-order valence-corrected chi connectivity index (χ4v) is 6.01. The van der Waals surface area contributed by atoms with Gasteiger partial charge in [-0.2, -0.15) is 0 Å². The van der Waals surface area contributed by atoms with Crippen molar-refractivity contribution >= 4 is 33.4 Å².